The minimum absolute atomic E-state index is 0.159. The van der Waals surface area contributed by atoms with Crippen molar-refractivity contribution in [2.75, 3.05) is 5.84 Å². The van der Waals surface area contributed by atoms with Crippen molar-refractivity contribution >= 4 is 11.9 Å². The van der Waals surface area contributed by atoms with Gasteiger partial charge >= 0.3 is 11.9 Å². The van der Waals surface area contributed by atoms with Gasteiger partial charge in [0.15, 0.2) is 11.6 Å². The Hall–Kier alpha value is -3.68. The number of nitrogen functional groups attached to an aromatic ring is 1. The van der Waals surface area contributed by atoms with Crippen LogP contribution in [-0.4, -0.2) is 37.0 Å². The second kappa shape index (κ2) is 5.84. The fourth-order valence-corrected chi connectivity index (χ4v) is 2.21. The molecule has 0 saturated carbocycles. The monoisotopic (exact) mass is 324 g/mol. The lowest BCUT2D eigenvalue weighted by atomic mass is 10.1. The highest BCUT2D eigenvalue weighted by molar-refractivity contribution is 5.88. The number of carboxylic acids is 2. The van der Waals surface area contributed by atoms with Crippen LogP contribution in [0.4, 0.5) is 0 Å². The van der Waals surface area contributed by atoms with Crippen molar-refractivity contribution in [3.05, 3.63) is 59.7 Å². The third-order valence-electron chi connectivity index (χ3n) is 3.48. The molecule has 0 aliphatic carbocycles. The summed E-state index contributed by atoms with van der Waals surface area (Å²) in [5, 5.41) is 25.9. The lowest BCUT2D eigenvalue weighted by Gasteiger charge is -2.05. The Kier molecular flexibility index (Phi) is 3.70. The van der Waals surface area contributed by atoms with E-state index in [1.807, 2.05) is 0 Å². The molecule has 24 heavy (non-hydrogen) atoms. The molecule has 8 heteroatoms. The third kappa shape index (κ3) is 2.68. The first kappa shape index (κ1) is 15.2. The highest BCUT2D eigenvalue weighted by atomic mass is 16.4. The molecule has 1 aromatic heterocycles. The Morgan fingerprint density at radius 2 is 1.08 bits per heavy atom. The molecule has 0 saturated heterocycles. The number of carboxylic acid groups (broad SMARTS) is 2. The number of carbonyl (C=O) groups is 2. The Bertz CT molecular complexity index is 839. The second-order valence-corrected chi connectivity index (χ2v) is 4.98. The molecule has 0 aliphatic rings. The lowest BCUT2D eigenvalue weighted by Crippen LogP contribution is -2.12. The van der Waals surface area contributed by atoms with Crippen LogP contribution in [0.25, 0.3) is 22.8 Å². The zero-order valence-electron chi connectivity index (χ0n) is 12.2. The first-order chi connectivity index (χ1) is 11.5. The van der Waals surface area contributed by atoms with Crippen molar-refractivity contribution in [3.63, 3.8) is 0 Å². The van der Waals surface area contributed by atoms with Crippen molar-refractivity contribution < 1.29 is 19.8 Å². The van der Waals surface area contributed by atoms with E-state index in [4.69, 9.17) is 16.1 Å². The summed E-state index contributed by atoms with van der Waals surface area (Å²) in [5.41, 5.74) is 1.55. The van der Waals surface area contributed by atoms with E-state index in [0.29, 0.717) is 22.8 Å². The molecule has 0 bridgehead atoms. The molecule has 0 spiro atoms. The molecule has 0 amide bonds. The van der Waals surface area contributed by atoms with Crippen molar-refractivity contribution in [3.8, 4) is 22.8 Å². The molecule has 0 fully saturated rings. The molecular weight excluding hydrogens is 312 g/mol. The van der Waals surface area contributed by atoms with E-state index in [-0.39, 0.29) is 11.1 Å². The standard InChI is InChI=1S/C16H12N4O4/c17-20-13(9-1-5-11(6-2-9)15(21)22)18-19-14(20)10-3-7-12(8-4-10)16(23)24/h1-8H,17H2,(H,21,22)(H,23,24). The highest BCUT2D eigenvalue weighted by Crippen LogP contribution is 2.23. The van der Waals surface area contributed by atoms with E-state index in [9.17, 15) is 9.59 Å². The smallest absolute Gasteiger partial charge is 0.335 e. The molecule has 0 aliphatic heterocycles. The molecule has 1 heterocycles. The number of benzene rings is 2. The second-order valence-electron chi connectivity index (χ2n) is 4.98. The molecular formula is C16H12N4O4. The van der Waals surface area contributed by atoms with Crippen LogP contribution in [0.2, 0.25) is 0 Å². The van der Waals surface area contributed by atoms with Crippen LogP contribution in [0.3, 0.4) is 0 Å². The van der Waals surface area contributed by atoms with Gasteiger partial charge in [-0.3, -0.25) is 0 Å². The Morgan fingerprint density at radius 3 is 1.38 bits per heavy atom. The molecule has 0 atom stereocenters. The van der Waals surface area contributed by atoms with Crippen LogP contribution in [0.5, 0.6) is 0 Å². The quantitative estimate of drug-likeness (QED) is 0.622. The minimum Gasteiger partial charge on any atom is -0.478 e. The van der Waals surface area contributed by atoms with Gasteiger partial charge in [-0.1, -0.05) is 24.3 Å². The summed E-state index contributed by atoms with van der Waals surface area (Å²) in [6, 6.07) is 12.2. The maximum Gasteiger partial charge on any atom is 0.335 e. The number of aromatic nitrogens is 3. The van der Waals surface area contributed by atoms with Crippen LogP contribution in [0.15, 0.2) is 48.5 Å². The van der Waals surface area contributed by atoms with Crippen molar-refractivity contribution in [1.29, 1.82) is 0 Å². The average molecular weight is 324 g/mol. The maximum absolute atomic E-state index is 10.9. The van der Waals surface area contributed by atoms with Crippen LogP contribution < -0.4 is 5.84 Å². The molecule has 3 aromatic rings. The predicted molar refractivity (Wildman–Crippen MR) is 85.0 cm³/mol. The summed E-state index contributed by atoms with van der Waals surface area (Å²) < 4.78 is 1.27. The molecule has 2 aromatic carbocycles. The Balaban J connectivity index is 1.96. The molecule has 0 radical (unpaired) electrons. The van der Waals surface area contributed by atoms with Gasteiger partial charge in [0.2, 0.25) is 0 Å². The molecule has 3 rings (SSSR count). The van der Waals surface area contributed by atoms with E-state index in [1.165, 1.54) is 28.9 Å². The molecule has 8 nitrogen and oxygen atoms in total. The van der Waals surface area contributed by atoms with E-state index in [2.05, 4.69) is 10.2 Å². The highest BCUT2D eigenvalue weighted by Gasteiger charge is 2.14. The van der Waals surface area contributed by atoms with E-state index in [0.717, 1.165) is 0 Å². The number of nitrogens with zero attached hydrogens (tertiary/aromatic N) is 3. The third-order valence-corrected chi connectivity index (χ3v) is 3.48. The number of rotatable bonds is 4. The largest absolute Gasteiger partial charge is 0.478 e. The Morgan fingerprint density at radius 1 is 0.750 bits per heavy atom. The molecule has 0 unspecified atom stereocenters. The predicted octanol–water partition coefficient (Wildman–Crippen LogP) is 1.72. The van der Waals surface area contributed by atoms with Gasteiger partial charge < -0.3 is 16.1 Å². The summed E-state index contributed by atoms with van der Waals surface area (Å²) in [6.07, 6.45) is 0. The first-order valence-electron chi connectivity index (χ1n) is 6.85. The maximum atomic E-state index is 10.9. The fourth-order valence-electron chi connectivity index (χ4n) is 2.21. The van der Waals surface area contributed by atoms with Crippen molar-refractivity contribution in [2.45, 2.75) is 0 Å². The fraction of sp³-hybridized carbons (Fsp3) is 0. The van der Waals surface area contributed by atoms with Gasteiger partial charge in [0.05, 0.1) is 11.1 Å². The number of hydrogen-bond donors (Lipinski definition) is 3. The van der Waals surface area contributed by atoms with Crippen LogP contribution in [-0.2, 0) is 0 Å². The zero-order chi connectivity index (χ0) is 17.3. The average Bonchev–Trinajstić information content (AvgIpc) is 2.96. The lowest BCUT2D eigenvalue weighted by molar-refractivity contribution is 0.0686. The first-order valence-corrected chi connectivity index (χ1v) is 6.85. The van der Waals surface area contributed by atoms with Crippen molar-refractivity contribution in [1.82, 2.24) is 14.9 Å². The number of nitrogens with two attached hydrogens (primary N) is 1. The minimum atomic E-state index is -1.02. The molecule has 120 valence electrons. The normalized spacial score (nSPS) is 10.5. The van der Waals surface area contributed by atoms with E-state index < -0.39 is 11.9 Å². The number of aromatic carboxylic acids is 2. The van der Waals surface area contributed by atoms with Crippen molar-refractivity contribution in [2.24, 2.45) is 0 Å². The Labute approximate surface area is 135 Å². The summed E-state index contributed by atoms with van der Waals surface area (Å²) >= 11 is 0. The van der Waals surface area contributed by atoms with Crippen LogP contribution in [0, 0.1) is 0 Å². The summed E-state index contributed by atoms with van der Waals surface area (Å²) in [4.78, 5) is 21.8. The van der Waals surface area contributed by atoms with Gasteiger partial charge in [0.1, 0.15) is 0 Å². The van der Waals surface area contributed by atoms with E-state index >= 15 is 0 Å². The van der Waals surface area contributed by atoms with Crippen LogP contribution in [0.1, 0.15) is 20.7 Å². The topological polar surface area (TPSA) is 131 Å². The summed E-state index contributed by atoms with van der Waals surface area (Å²) in [5.74, 6) is 4.72. The van der Waals surface area contributed by atoms with Gasteiger partial charge in [-0.25, -0.2) is 14.3 Å². The zero-order valence-corrected chi connectivity index (χ0v) is 12.2. The van der Waals surface area contributed by atoms with E-state index in [1.54, 1.807) is 24.3 Å². The van der Waals surface area contributed by atoms with Gasteiger partial charge in [0, 0.05) is 11.1 Å². The van der Waals surface area contributed by atoms with Gasteiger partial charge in [-0.2, -0.15) is 0 Å². The van der Waals surface area contributed by atoms with Crippen LogP contribution >= 0.6 is 0 Å². The van der Waals surface area contributed by atoms with Gasteiger partial charge in [0.25, 0.3) is 0 Å². The summed E-state index contributed by atoms with van der Waals surface area (Å²) in [7, 11) is 0. The SMILES string of the molecule is Nn1c(-c2ccc(C(=O)O)cc2)nnc1-c1ccc(C(=O)O)cc1. The molecule has 4 N–H and O–H groups in total. The number of hydrogen-bond acceptors (Lipinski definition) is 5. The van der Waals surface area contributed by atoms with Gasteiger partial charge in [-0.05, 0) is 24.3 Å². The summed E-state index contributed by atoms with van der Waals surface area (Å²) in [6.45, 7) is 0. The van der Waals surface area contributed by atoms with Gasteiger partial charge in [-0.15, -0.1) is 10.2 Å².